The fourth-order valence-corrected chi connectivity index (χ4v) is 3.62. The zero-order valence-electron chi connectivity index (χ0n) is 12.5. The van der Waals surface area contributed by atoms with Crippen molar-refractivity contribution in [3.8, 4) is 0 Å². The van der Waals surface area contributed by atoms with Crippen LogP contribution in [0.5, 0.6) is 0 Å². The molecule has 0 radical (unpaired) electrons. The van der Waals surface area contributed by atoms with Crippen molar-refractivity contribution in [3.05, 3.63) is 34.0 Å². The first-order chi connectivity index (χ1) is 10.2. The minimum atomic E-state index is 0.175. The molecular weight excluding hydrogens is 284 g/mol. The van der Waals surface area contributed by atoms with Crippen molar-refractivity contribution < 1.29 is 4.79 Å². The van der Waals surface area contributed by atoms with Crippen LogP contribution < -0.4 is 0 Å². The Morgan fingerprint density at radius 1 is 1.52 bits per heavy atom. The Morgan fingerprint density at radius 2 is 2.38 bits per heavy atom. The summed E-state index contributed by atoms with van der Waals surface area (Å²) in [6, 6.07) is 0.176. The number of hydrogen-bond donors (Lipinski definition) is 0. The summed E-state index contributed by atoms with van der Waals surface area (Å²) in [5, 5.41) is 7.33. The molecule has 1 fully saturated rings. The third kappa shape index (κ3) is 3.00. The van der Waals surface area contributed by atoms with Crippen molar-refractivity contribution in [2.75, 3.05) is 6.54 Å². The quantitative estimate of drug-likeness (QED) is 0.871. The van der Waals surface area contributed by atoms with Gasteiger partial charge in [-0.25, -0.2) is 4.98 Å². The molecule has 1 saturated heterocycles. The number of carbonyl (C=O) groups is 1. The molecule has 1 unspecified atom stereocenters. The van der Waals surface area contributed by atoms with Gasteiger partial charge in [-0.15, -0.1) is 11.3 Å². The molecule has 3 rings (SSSR count). The number of amides is 1. The second-order valence-electron chi connectivity index (χ2n) is 5.46. The van der Waals surface area contributed by atoms with Gasteiger partial charge in [0.1, 0.15) is 0 Å². The maximum atomic E-state index is 12.6. The van der Waals surface area contributed by atoms with Gasteiger partial charge in [0.25, 0.3) is 0 Å². The van der Waals surface area contributed by atoms with Gasteiger partial charge in [0.05, 0.1) is 29.4 Å². The lowest BCUT2D eigenvalue weighted by molar-refractivity contribution is -0.131. The molecule has 1 aliphatic heterocycles. The monoisotopic (exact) mass is 304 g/mol. The Kier molecular flexibility index (Phi) is 4.05. The Hall–Kier alpha value is -1.69. The van der Waals surface area contributed by atoms with Crippen molar-refractivity contribution >= 4 is 17.2 Å². The number of hydrogen-bond acceptors (Lipinski definition) is 4. The molecule has 0 aromatic carbocycles. The van der Waals surface area contributed by atoms with Crippen molar-refractivity contribution in [2.45, 2.75) is 38.6 Å². The van der Waals surface area contributed by atoms with Crippen LogP contribution in [0.2, 0.25) is 0 Å². The predicted octanol–water partition coefficient (Wildman–Crippen LogP) is 2.35. The molecule has 2 aromatic rings. The summed E-state index contributed by atoms with van der Waals surface area (Å²) in [7, 11) is 1.91. The van der Waals surface area contributed by atoms with Crippen LogP contribution >= 0.6 is 11.3 Å². The van der Waals surface area contributed by atoms with Crippen molar-refractivity contribution in [1.29, 1.82) is 0 Å². The largest absolute Gasteiger partial charge is 0.335 e. The molecule has 1 amide bonds. The average Bonchev–Trinajstić information content (AvgIpc) is 3.17. The number of aromatic nitrogens is 3. The Morgan fingerprint density at radius 3 is 3.05 bits per heavy atom. The van der Waals surface area contributed by atoms with E-state index in [1.165, 1.54) is 0 Å². The van der Waals surface area contributed by atoms with E-state index in [0.717, 1.165) is 42.1 Å². The van der Waals surface area contributed by atoms with E-state index >= 15 is 0 Å². The Bertz CT molecular complexity index is 633. The number of rotatable bonds is 4. The fourth-order valence-electron chi connectivity index (χ4n) is 2.87. The molecule has 5 nitrogen and oxygen atoms in total. The van der Waals surface area contributed by atoms with E-state index in [1.54, 1.807) is 16.0 Å². The average molecular weight is 304 g/mol. The van der Waals surface area contributed by atoms with Crippen LogP contribution in [0.25, 0.3) is 0 Å². The Labute approximate surface area is 128 Å². The van der Waals surface area contributed by atoms with Gasteiger partial charge < -0.3 is 4.90 Å². The van der Waals surface area contributed by atoms with Crippen LogP contribution in [0.15, 0.2) is 17.8 Å². The van der Waals surface area contributed by atoms with Gasteiger partial charge in [0.15, 0.2) is 0 Å². The second kappa shape index (κ2) is 5.97. The third-order valence-electron chi connectivity index (χ3n) is 3.92. The van der Waals surface area contributed by atoms with Crippen LogP contribution in [-0.2, 0) is 24.7 Å². The molecule has 0 spiro atoms. The van der Waals surface area contributed by atoms with Gasteiger partial charge in [0.2, 0.25) is 5.91 Å². The molecule has 1 atom stereocenters. The predicted molar refractivity (Wildman–Crippen MR) is 82.1 cm³/mol. The first-order valence-electron chi connectivity index (χ1n) is 7.38. The highest BCUT2D eigenvalue weighted by atomic mass is 32.1. The van der Waals surface area contributed by atoms with Crippen LogP contribution in [0.4, 0.5) is 0 Å². The third-order valence-corrected chi connectivity index (χ3v) is 4.96. The molecule has 0 saturated carbocycles. The summed E-state index contributed by atoms with van der Waals surface area (Å²) < 4.78 is 1.80. The zero-order valence-corrected chi connectivity index (χ0v) is 13.3. The van der Waals surface area contributed by atoms with Crippen LogP contribution in [0.1, 0.15) is 42.1 Å². The summed E-state index contributed by atoms with van der Waals surface area (Å²) in [6.45, 7) is 2.92. The summed E-state index contributed by atoms with van der Waals surface area (Å²) in [6.07, 6.45) is 7.30. The molecule has 0 aliphatic carbocycles. The summed E-state index contributed by atoms with van der Waals surface area (Å²) in [5.74, 6) is 0.175. The van der Waals surface area contributed by atoms with E-state index in [9.17, 15) is 4.79 Å². The molecule has 6 heteroatoms. The van der Waals surface area contributed by atoms with E-state index < -0.39 is 0 Å². The maximum Gasteiger partial charge on any atom is 0.229 e. The van der Waals surface area contributed by atoms with Crippen molar-refractivity contribution in [1.82, 2.24) is 19.7 Å². The first kappa shape index (κ1) is 14.3. The van der Waals surface area contributed by atoms with Crippen LogP contribution in [0, 0.1) is 0 Å². The molecule has 0 N–H and O–H groups in total. The summed E-state index contributed by atoms with van der Waals surface area (Å²) in [5.41, 5.74) is 2.04. The van der Waals surface area contributed by atoms with Crippen molar-refractivity contribution in [2.24, 2.45) is 7.05 Å². The minimum absolute atomic E-state index is 0.175. The second-order valence-corrected chi connectivity index (χ2v) is 6.40. The maximum absolute atomic E-state index is 12.6. The van der Waals surface area contributed by atoms with Gasteiger partial charge >= 0.3 is 0 Å². The highest BCUT2D eigenvalue weighted by Gasteiger charge is 2.30. The zero-order chi connectivity index (χ0) is 14.8. The number of aryl methyl sites for hydroxylation is 2. The van der Waals surface area contributed by atoms with Crippen molar-refractivity contribution in [3.63, 3.8) is 0 Å². The Balaban J connectivity index is 1.71. The van der Waals surface area contributed by atoms with E-state index in [1.807, 2.05) is 29.7 Å². The van der Waals surface area contributed by atoms with Gasteiger partial charge in [0, 0.05) is 30.7 Å². The number of thiazole rings is 1. The lowest BCUT2D eigenvalue weighted by Gasteiger charge is -2.23. The lowest BCUT2D eigenvalue weighted by atomic mass is 10.1. The van der Waals surface area contributed by atoms with E-state index in [2.05, 4.69) is 17.0 Å². The van der Waals surface area contributed by atoms with E-state index in [-0.39, 0.29) is 11.9 Å². The highest BCUT2D eigenvalue weighted by Crippen LogP contribution is 2.32. The first-order valence-corrected chi connectivity index (χ1v) is 8.26. The summed E-state index contributed by atoms with van der Waals surface area (Å²) >= 11 is 1.64. The number of carbonyl (C=O) groups excluding carboxylic acids is 1. The number of nitrogens with zero attached hydrogens (tertiary/aromatic N) is 4. The molecular formula is C15H20N4OS. The number of likely N-dealkylation sites (tertiary alicyclic amines) is 1. The summed E-state index contributed by atoms with van der Waals surface area (Å²) in [4.78, 5) is 19.1. The van der Waals surface area contributed by atoms with Crippen LogP contribution in [0.3, 0.4) is 0 Å². The van der Waals surface area contributed by atoms with Gasteiger partial charge in [-0.05, 0) is 19.3 Å². The van der Waals surface area contributed by atoms with Gasteiger partial charge in [-0.3, -0.25) is 9.48 Å². The highest BCUT2D eigenvalue weighted by molar-refractivity contribution is 7.09. The normalized spacial score (nSPS) is 18.4. The molecule has 21 heavy (non-hydrogen) atoms. The van der Waals surface area contributed by atoms with Gasteiger partial charge in [-0.2, -0.15) is 5.10 Å². The minimum Gasteiger partial charge on any atom is -0.335 e. The van der Waals surface area contributed by atoms with Gasteiger partial charge in [-0.1, -0.05) is 6.92 Å². The lowest BCUT2D eigenvalue weighted by Crippen LogP contribution is -2.31. The van der Waals surface area contributed by atoms with E-state index in [0.29, 0.717) is 6.42 Å². The molecule has 112 valence electrons. The molecule has 2 aromatic heterocycles. The van der Waals surface area contributed by atoms with Crippen LogP contribution in [-0.4, -0.2) is 32.1 Å². The molecule has 1 aliphatic rings. The fraction of sp³-hybridized carbons (Fsp3) is 0.533. The topological polar surface area (TPSA) is 51.0 Å². The smallest absolute Gasteiger partial charge is 0.229 e. The standard InChI is InChI=1S/C15H20N4OS/c1-3-14-17-12(10-21-14)7-15(20)19-6-4-5-13(19)11-8-16-18(2)9-11/h8-10,13H,3-7H2,1-2H3. The molecule has 0 bridgehead atoms. The SMILES string of the molecule is CCc1nc(CC(=O)N2CCCC2c2cnn(C)c2)cs1. The van der Waals surface area contributed by atoms with E-state index in [4.69, 9.17) is 0 Å². The molecule has 3 heterocycles.